The SMILES string of the molecule is CCCNCc1cccnc1-n1ccc(C(=O)NC)n1. The lowest BCUT2D eigenvalue weighted by molar-refractivity contribution is 0.0957. The van der Waals surface area contributed by atoms with Crippen molar-refractivity contribution in [3.05, 3.63) is 41.9 Å². The largest absolute Gasteiger partial charge is 0.354 e. The van der Waals surface area contributed by atoms with Crippen LogP contribution in [0.5, 0.6) is 0 Å². The number of aromatic nitrogens is 3. The van der Waals surface area contributed by atoms with Crippen molar-refractivity contribution in [3.63, 3.8) is 0 Å². The average molecular weight is 273 g/mol. The van der Waals surface area contributed by atoms with Crippen LogP contribution < -0.4 is 10.6 Å². The minimum absolute atomic E-state index is 0.203. The van der Waals surface area contributed by atoms with Crippen molar-refractivity contribution in [2.75, 3.05) is 13.6 Å². The van der Waals surface area contributed by atoms with Gasteiger partial charge < -0.3 is 10.6 Å². The molecule has 0 atom stereocenters. The molecule has 2 N–H and O–H groups in total. The van der Waals surface area contributed by atoms with E-state index in [0.29, 0.717) is 5.69 Å². The van der Waals surface area contributed by atoms with Crippen LogP contribution in [0.25, 0.3) is 5.82 Å². The second kappa shape index (κ2) is 6.81. The maximum absolute atomic E-state index is 11.5. The van der Waals surface area contributed by atoms with Gasteiger partial charge in [-0.1, -0.05) is 13.0 Å². The van der Waals surface area contributed by atoms with Gasteiger partial charge >= 0.3 is 0 Å². The van der Waals surface area contributed by atoms with Gasteiger partial charge in [-0.15, -0.1) is 0 Å². The summed E-state index contributed by atoms with van der Waals surface area (Å²) in [5, 5.41) is 10.2. The summed E-state index contributed by atoms with van der Waals surface area (Å²) in [6.07, 6.45) is 4.55. The number of carbonyl (C=O) groups is 1. The molecule has 0 unspecified atom stereocenters. The van der Waals surface area contributed by atoms with Gasteiger partial charge in [0.2, 0.25) is 0 Å². The topological polar surface area (TPSA) is 71.8 Å². The molecule has 0 saturated carbocycles. The molecule has 2 aromatic heterocycles. The standard InChI is InChI=1S/C14H19N5O/c1-3-7-16-10-11-5-4-8-17-13(11)19-9-6-12(18-19)14(20)15-2/h4-6,8-9,16H,3,7,10H2,1-2H3,(H,15,20). The van der Waals surface area contributed by atoms with E-state index in [0.717, 1.165) is 30.9 Å². The molecule has 2 rings (SSSR count). The molecule has 0 fully saturated rings. The van der Waals surface area contributed by atoms with E-state index in [4.69, 9.17) is 0 Å². The van der Waals surface area contributed by atoms with Crippen LogP contribution in [0.15, 0.2) is 30.6 Å². The van der Waals surface area contributed by atoms with Gasteiger partial charge in [-0.25, -0.2) is 9.67 Å². The van der Waals surface area contributed by atoms with Crippen LogP contribution in [-0.2, 0) is 6.54 Å². The number of nitrogens with one attached hydrogen (secondary N) is 2. The molecule has 0 saturated heterocycles. The van der Waals surface area contributed by atoms with Gasteiger partial charge in [-0.3, -0.25) is 4.79 Å². The summed E-state index contributed by atoms with van der Waals surface area (Å²) in [6.45, 7) is 3.81. The summed E-state index contributed by atoms with van der Waals surface area (Å²) in [4.78, 5) is 15.9. The first-order valence-corrected chi connectivity index (χ1v) is 6.69. The first-order chi connectivity index (χ1) is 9.76. The van der Waals surface area contributed by atoms with Crippen molar-refractivity contribution in [2.45, 2.75) is 19.9 Å². The molecule has 20 heavy (non-hydrogen) atoms. The fourth-order valence-electron chi connectivity index (χ4n) is 1.87. The Bertz CT molecular complexity index is 578. The summed E-state index contributed by atoms with van der Waals surface area (Å²) in [6, 6.07) is 5.58. The van der Waals surface area contributed by atoms with Crippen molar-refractivity contribution in [1.29, 1.82) is 0 Å². The first kappa shape index (κ1) is 14.2. The van der Waals surface area contributed by atoms with Crippen LogP contribution in [0, 0.1) is 0 Å². The van der Waals surface area contributed by atoms with E-state index < -0.39 is 0 Å². The number of amides is 1. The molecule has 0 radical (unpaired) electrons. The van der Waals surface area contributed by atoms with E-state index in [9.17, 15) is 4.79 Å². The summed E-state index contributed by atoms with van der Waals surface area (Å²) < 4.78 is 1.63. The van der Waals surface area contributed by atoms with E-state index in [1.54, 1.807) is 30.2 Å². The Labute approximate surface area is 118 Å². The zero-order chi connectivity index (χ0) is 14.4. The molecule has 0 spiro atoms. The second-order valence-electron chi connectivity index (χ2n) is 4.39. The van der Waals surface area contributed by atoms with Gasteiger partial charge in [0.1, 0.15) is 0 Å². The Kier molecular flexibility index (Phi) is 4.84. The molecule has 2 aromatic rings. The summed E-state index contributed by atoms with van der Waals surface area (Å²) in [5.74, 6) is 0.539. The molecular weight excluding hydrogens is 254 g/mol. The third-order valence-electron chi connectivity index (χ3n) is 2.88. The zero-order valence-electron chi connectivity index (χ0n) is 11.8. The van der Waals surface area contributed by atoms with Crippen LogP contribution in [0.3, 0.4) is 0 Å². The van der Waals surface area contributed by atoms with Gasteiger partial charge in [0.05, 0.1) is 0 Å². The number of hydrogen-bond donors (Lipinski definition) is 2. The minimum Gasteiger partial charge on any atom is -0.354 e. The number of hydrogen-bond acceptors (Lipinski definition) is 4. The third-order valence-corrected chi connectivity index (χ3v) is 2.88. The lowest BCUT2D eigenvalue weighted by Crippen LogP contribution is -2.19. The molecule has 0 aromatic carbocycles. The molecule has 106 valence electrons. The van der Waals surface area contributed by atoms with Crippen LogP contribution in [0.1, 0.15) is 29.4 Å². The smallest absolute Gasteiger partial charge is 0.271 e. The fourth-order valence-corrected chi connectivity index (χ4v) is 1.87. The summed E-state index contributed by atoms with van der Waals surface area (Å²) in [7, 11) is 1.59. The Morgan fingerprint density at radius 1 is 1.40 bits per heavy atom. The average Bonchev–Trinajstić information content (AvgIpc) is 2.97. The minimum atomic E-state index is -0.203. The molecule has 0 aliphatic heterocycles. The van der Waals surface area contributed by atoms with E-state index >= 15 is 0 Å². The Morgan fingerprint density at radius 2 is 2.25 bits per heavy atom. The van der Waals surface area contributed by atoms with E-state index in [2.05, 4.69) is 27.6 Å². The maximum atomic E-state index is 11.5. The molecule has 6 heteroatoms. The van der Waals surface area contributed by atoms with Crippen molar-refractivity contribution in [1.82, 2.24) is 25.4 Å². The Balaban J connectivity index is 2.23. The molecule has 0 aliphatic rings. The predicted octanol–water partition coefficient (Wildman–Crippen LogP) is 1.13. The molecule has 1 amide bonds. The van der Waals surface area contributed by atoms with Crippen molar-refractivity contribution >= 4 is 5.91 Å². The van der Waals surface area contributed by atoms with Gasteiger partial charge in [-0.05, 0) is 25.1 Å². The maximum Gasteiger partial charge on any atom is 0.271 e. The highest BCUT2D eigenvalue weighted by Gasteiger charge is 2.11. The fraction of sp³-hybridized carbons (Fsp3) is 0.357. The highest BCUT2D eigenvalue weighted by Crippen LogP contribution is 2.11. The van der Waals surface area contributed by atoms with Gasteiger partial charge in [-0.2, -0.15) is 5.10 Å². The van der Waals surface area contributed by atoms with Gasteiger partial charge in [0.25, 0.3) is 5.91 Å². The Hall–Kier alpha value is -2.21. The van der Waals surface area contributed by atoms with E-state index in [1.165, 1.54) is 0 Å². The quantitative estimate of drug-likeness (QED) is 0.774. The molecule has 6 nitrogen and oxygen atoms in total. The zero-order valence-corrected chi connectivity index (χ0v) is 11.8. The monoisotopic (exact) mass is 273 g/mol. The summed E-state index contributed by atoms with van der Waals surface area (Å²) >= 11 is 0. The summed E-state index contributed by atoms with van der Waals surface area (Å²) in [5.41, 5.74) is 1.43. The van der Waals surface area contributed by atoms with E-state index in [1.807, 2.05) is 12.1 Å². The van der Waals surface area contributed by atoms with Crippen LogP contribution in [0.2, 0.25) is 0 Å². The van der Waals surface area contributed by atoms with Crippen molar-refractivity contribution in [3.8, 4) is 5.82 Å². The number of carbonyl (C=O) groups excluding carboxylic acids is 1. The second-order valence-corrected chi connectivity index (χ2v) is 4.39. The molecule has 2 heterocycles. The number of pyridine rings is 1. The molecule has 0 bridgehead atoms. The van der Waals surface area contributed by atoms with Crippen molar-refractivity contribution < 1.29 is 4.79 Å². The van der Waals surface area contributed by atoms with Crippen LogP contribution in [-0.4, -0.2) is 34.3 Å². The molecular formula is C14H19N5O. The van der Waals surface area contributed by atoms with Crippen molar-refractivity contribution in [2.24, 2.45) is 0 Å². The van der Waals surface area contributed by atoms with Crippen LogP contribution in [0.4, 0.5) is 0 Å². The van der Waals surface area contributed by atoms with Gasteiger partial charge in [0.15, 0.2) is 11.5 Å². The first-order valence-electron chi connectivity index (χ1n) is 6.69. The van der Waals surface area contributed by atoms with E-state index in [-0.39, 0.29) is 5.91 Å². The van der Waals surface area contributed by atoms with Crippen LogP contribution >= 0.6 is 0 Å². The molecule has 0 aliphatic carbocycles. The van der Waals surface area contributed by atoms with Gasteiger partial charge in [0, 0.05) is 31.5 Å². The highest BCUT2D eigenvalue weighted by molar-refractivity contribution is 5.91. The number of rotatable bonds is 6. The number of nitrogens with zero attached hydrogens (tertiary/aromatic N) is 3. The predicted molar refractivity (Wildman–Crippen MR) is 76.7 cm³/mol. The Morgan fingerprint density at radius 3 is 3.00 bits per heavy atom. The lowest BCUT2D eigenvalue weighted by atomic mass is 10.2. The normalized spacial score (nSPS) is 10.5. The third kappa shape index (κ3) is 3.21. The highest BCUT2D eigenvalue weighted by atomic mass is 16.1. The lowest BCUT2D eigenvalue weighted by Gasteiger charge is -2.08.